The molecule has 1 aromatic heterocycles. The summed E-state index contributed by atoms with van der Waals surface area (Å²) in [6, 6.07) is 3.19. The molecule has 1 aliphatic rings. The number of rotatable bonds is 2. The first-order valence-corrected chi connectivity index (χ1v) is 5.98. The fourth-order valence-corrected chi connectivity index (χ4v) is 2.43. The summed E-state index contributed by atoms with van der Waals surface area (Å²) in [7, 11) is 0. The van der Waals surface area contributed by atoms with E-state index < -0.39 is 4.92 Å². The highest BCUT2D eigenvalue weighted by Gasteiger charge is 2.30. The average Bonchev–Trinajstić information content (AvgIpc) is 2.95. The standard InChI is InChI=1S/C11H13N5O3/c1-6-4-15(5-7(6)12)8-2-3-9(16(17)18)11-10(8)13-19-14-11/h2-3,6-7H,4-5,12H2,1H3. The Morgan fingerprint density at radius 2 is 2.16 bits per heavy atom. The van der Waals surface area contributed by atoms with Crippen molar-refractivity contribution in [3.8, 4) is 0 Å². The summed E-state index contributed by atoms with van der Waals surface area (Å²) in [5, 5.41) is 18.3. The van der Waals surface area contributed by atoms with E-state index in [0.717, 1.165) is 12.2 Å². The van der Waals surface area contributed by atoms with Crippen LogP contribution in [0.2, 0.25) is 0 Å². The lowest BCUT2D eigenvalue weighted by Gasteiger charge is -2.17. The number of benzene rings is 1. The SMILES string of the molecule is CC1CN(c2ccc([N+](=O)[O-])c3nonc23)CC1N. The lowest BCUT2D eigenvalue weighted by molar-refractivity contribution is -0.383. The molecular formula is C11H13N5O3. The maximum atomic E-state index is 10.9. The number of aromatic nitrogens is 2. The van der Waals surface area contributed by atoms with E-state index in [1.165, 1.54) is 6.07 Å². The van der Waals surface area contributed by atoms with Crippen molar-refractivity contribution in [1.29, 1.82) is 0 Å². The monoisotopic (exact) mass is 263 g/mol. The molecular weight excluding hydrogens is 250 g/mol. The van der Waals surface area contributed by atoms with Gasteiger partial charge in [0.1, 0.15) is 0 Å². The zero-order chi connectivity index (χ0) is 13.6. The fourth-order valence-electron chi connectivity index (χ4n) is 2.43. The first kappa shape index (κ1) is 11.8. The van der Waals surface area contributed by atoms with Crippen molar-refractivity contribution in [1.82, 2.24) is 10.3 Å². The molecule has 3 rings (SSSR count). The molecule has 2 unspecified atom stereocenters. The van der Waals surface area contributed by atoms with Crippen molar-refractivity contribution in [2.45, 2.75) is 13.0 Å². The van der Waals surface area contributed by atoms with Gasteiger partial charge in [0.25, 0.3) is 0 Å². The van der Waals surface area contributed by atoms with Gasteiger partial charge in [0.05, 0.1) is 10.6 Å². The van der Waals surface area contributed by atoms with Crippen molar-refractivity contribution in [2.75, 3.05) is 18.0 Å². The molecule has 2 atom stereocenters. The van der Waals surface area contributed by atoms with Gasteiger partial charge in [0, 0.05) is 25.2 Å². The van der Waals surface area contributed by atoms with Gasteiger partial charge in [-0.2, -0.15) is 0 Å². The minimum absolute atomic E-state index is 0.0881. The molecule has 2 heterocycles. The van der Waals surface area contributed by atoms with E-state index in [9.17, 15) is 10.1 Å². The van der Waals surface area contributed by atoms with Gasteiger partial charge in [-0.15, -0.1) is 0 Å². The van der Waals surface area contributed by atoms with Crippen LogP contribution in [0.1, 0.15) is 6.92 Å². The Kier molecular flexibility index (Phi) is 2.59. The van der Waals surface area contributed by atoms with Gasteiger partial charge in [-0.25, -0.2) is 4.63 Å². The van der Waals surface area contributed by atoms with Crippen molar-refractivity contribution in [3.05, 3.63) is 22.2 Å². The van der Waals surface area contributed by atoms with Crippen LogP contribution >= 0.6 is 0 Å². The third-order valence-corrected chi connectivity index (χ3v) is 3.58. The Morgan fingerprint density at radius 1 is 1.42 bits per heavy atom. The topological polar surface area (TPSA) is 111 Å². The summed E-state index contributed by atoms with van der Waals surface area (Å²) in [5.41, 5.74) is 7.26. The van der Waals surface area contributed by atoms with Crippen LogP contribution in [0.3, 0.4) is 0 Å². The molecule has 0 spiro atoms. The largest absolute Gasteiger partial charge is 0.368 e. The highest BCUT2D eigenvalue weighted by molar-refractivity contribution is 5.93. The van der Waals surface area contributed by atoms with Crippen LogP contribution in [0.4, 0.5) is 11.4 Å². The van der Waals surface area contributed by atoms with Gasteiger partial charge < -0.3 is 10.6 Å². The summed E-state index contributed by atoms with van der Waals surface area (Å²) in [5.74, 6) is 0.366. The number of nitrogens with zero attached hydrogens (tertiary/aromatic N) is 4. The number of fused-ring (bicyclic) bond motifs is 1. The molecule has 0 aliphatic carbocycles. The van der Waals surface area contributed by atoms with Crippen molar-refractivity contribution >= 4 is 22.4 Å². The molecule has 0 amide bonds. The van der Waals surface area contributed by atoms with E-state index in [1.807, 2.05) is 0 Å². The van der Waals surface area contributed by atoms with E-state index in [4.69, 9.17) is 5.73 Å². The zero-order valence-electron chi connectivity index (χ0n) is 10.3. The third kappa shape index (κ3) is 1.80. The molecule has 1 fully saturated rings. The zero-order valence-corrected chi connectivity index (χ0v) is 10.3. The molecule has 0 saturated carbocycles. The highest BCUT2D eigenvalue weighted by atomic mass is 16.6. The van der Waals surface area contributed by atoms with E-state index >= 15 is 0 Å². The van der Waals surface area contributed by atoms with Crippen molar-refractivity contribution in [2.24, 2.45) is 11.7 Å². The van der Waals surface area contributed by atoms with Gasteiger partial charge >= 0.3 is 5.69 Å². The second-order valence-corrected chi connectivity index (χ2v) is 4.87. The molecule has 2 N–H and O–H groups in total. The maximum absolute atomic E-state index is 10.9. The third-order valence-electron chi connectivity index (χ3n) is 3.58. The second kappa shape index (κ2) is 4.16. The first-order valence-electron chi connectivity index (χ1n) is 5.98. The molecule has 1 aromatic carbocycles. The van der Waals surface area contributed by atoms with Crippen LogP contribution in [0.15, 0.2) is 16.8 Å². The number of hydrogen-bond acceptors (Lipinski definition) is 7. The summed E-state index contributed by atoms with van der Waals surface area (Å²) >= 11 is 0. The van der Waals surface area contributed by atoms with E-state index in [-0.39, 0.29) is 17.2 Å². The minimum atomic E-state index is -0.491. The van der Waals surface area contributed by atoms with Crippen LogP contribution in [-0.4, -0.2) is 34.4 Å². The Morgan fingerprint density at radius 3 is 2.79 bits per heavy atom. The van der Waals surface area contributed by atoms with E-state index in [2.05, 4.69) is 26.8 Å². The Hall–Kier alpha value is -2.22. The van der Waals surface area contributed by atoms with Crippen LogP contribution in [0.25, 0.3) is 11.0 Å². The van der Waals surface area contributed by atoms with E-state index in [1.54, 1.807) is 6.07 Å². The van der Waals surface area contributed by atoms with Crippen molar-refractivity contribution in [3.63, 3.8) is 0 Å². The number of nitro benzene ring substituents is 1. The average molecular weight is 263 g/mol. The molecule has 0 bridgehead atoms. The minimum Gasteiger partial charge on any atom is -0.368 e. The van der Waals surface area contributed by atoms with Gasteiger partial charge in [-0.3, -0.25) is 10.1 Å². The molecule has 8 heteroatoms. The smallest absolute Gasteiger partial charge is 0.300 e. The summed E-state index contributed by atoms with van der Waals surface area (Å²) in [6.45, 7) is 3.57. The van der Waals surface area contributed by atoms with E-state index in [0.29, 0.717) is 18.0 Å². The lowest BCUT2D eigenvalue weighted by Crippen LogP contribution is -2.28. The maximum Gasteiger partial charge on any atom is 0.300 e. The molecule has 1 aliphatic heterocycles. The van der Waals surface area contributed by atoms with Gasteiger partial charge in [0.2, 0.25) is 5.52 Å². The number of non-ortho nitro benzene ring substituents is 1. The normalized spacial score (nSPS) is 23.2. The van der Waals surface area contributed by atoms with Crippen LogP contribution in [0.5, 0.6) is 0 Å². The quantitative estimate of drug-likeness (QED) is 0.633. The van der Waals surface area contributed by atoms with Gasteiger partial charge in [-0.05, 0) is 22.3 Å². The summed E-state index contributed by atoms with van der Waals surface area (Å²) < 4.78 is 4.65. The summed E-state index contributed by atoms with van der Waals surface area (Å²) in [4.78, 5) is 12.5. The Labute approximate surface area is 108 Å². The van der Waals surface area contributed by atoms with Crippen LogP contribution < -0.4 is 10.6 Å². The Bertz CT molecular complexity index is 630. The molecule has 2 aromatic rings. The number of nitrogens with two attached hydrogens (primary N) is 1. The predicted molar refractivity (Wildman–Crippen MR) is 67.8 cm³/mol. The molecule has 100 valence electrons. The number of nitro groups is 1. The Balaban J connectivity index is 2.09. The lowest BCUT2D eigenvalue weighted by atomic mass is 10.1. The molecule has 8 nitrogen and oxygen atoms in total. The predicted octanol–water partition coefficient (Wildman–Crippen LogP) is 0.914. The van der Waals surface area contributed by atoms with Gasteiger partial charge in [0.15, 0.2) is 5.52 Å². The number of anilines is 1. The summed E-state index contributed by atoms with van der Waals surface area (Å²) in [6.07, 6.45) is 0. The molecule has 0 radical (unpaired) electrons. The molecule has 1 saturated heterocycles. The fraction of sp³-hybridized carbons (Fsp3) is 0.455. The van der Waals surface area contributed by atoms with Crippen LogP contribution in [-0.2, 0) is 0 Å². The number of hydrogen-bond donors (Lipinski definition) is 1. The van der Waals surface area contributed by atoms with Crippen molar-refractivity contribution < 1.29 is 9.55 Å². The second-order valence-electron chi connectivity index (χ2n) is 4.87. The molecule has 19 heavy (non-hydrogen) atoms. The highest BCUT2D eigenvalue weighted by Crippen LogP contribution is 2.33. The van der Waals surface area contributed by atoms with Crippen LogP contribution in [0, 0.1) is 16.0 Å². The van der Waals surface area contributed by atoms with Gasteiger partial charge in [-0.1, -0.05) is 6.92 Å². The first-order chi connectivity index (χ1) is 9.08.